The predicted molar refractivity (Wildman–Crippen MR) is 107 cm³/mol. The molecule has 0 saturated heterocycles. The highest BCUT2D eigenvalue weighted by Gasteiger charge is 2.25. The Morgan fingerprint density at radius 3 is 2.79 bits per heavy atom. The van der Waals surface area contributed by atoms with E-state index in [1.165, 1.54) is 0 Å². The lowest BCUT2D eigenvalue weighted by Crippen LogP contribution is -2.45. The second-order valence-electron chi connectivity index (χ2n) is 7.49. The average Bonchev–Trinajstić information content (AvgIpc) is 3.27. The van der Waals surface area contributed by atoms with Crippen LogP contribution in [0.4, 0.5) is 11.4 Å². The molecule has 1 aromatic heterocycles. The third-order valence-corrected chi connectivity index (χ3v) is 4.43. The Balaban J connectivity index is 1.62. The summed E-state index contributed by atoms with van der Waals surface area (Å²) in [6.07, 6.45) is 0. The smallest absolute Gasteiger partial charge is 0.258 e. The molecule has 8 heteroatoms. The van der Waals surface area contributed by atoms with Crippen molar-refractivity contribution in [1.82, 2.24) is 15.7 Å². The summed E-state index contributed by atoms with van der Waals surface area (Å²) in [4.78, 5) is 4.53. The fraction of sp³-hybridized carbons (Fsp3) is 0.300. The first kappa shape index (κ1) is 18.3. The maximum absolute atomic E-state index is 10.1. The van der Waals surface area contributed by atoms with Gasteiger partial charge in [-0.15, -0.1) is 5.53 Å². The number of rotatable bonds is 5. The standard InChI is InChI=1S/C20H23N5O3/c1-12-5-7-14(17(9-12)27-4)18-21-19(28-23-18)13-6-8-16-15(10-13)22-24-25(16)11-20(2,3)26/h5-10,22,24,26H,11H2,1-4H3. The van der Waals surface area contributed by atoms with Crippen LogP contribution >= 0.6 is 0 Å². The van der Waals surface area contributed by atoms with Gasteiger partial charge in [0.15, 0.2) is 0 Å². The molecule has 1 aliphatic rings. The summed E-state index contributed by atoms with van der Waals surface area (Å²) in [7, 11) is 1.62. The van der Waals surface area contributed by atoms with Gasteiger partial charge in [0.25, 0.3) is 5.89 Å². The zero-order valence-electron chi connectivity index (χ0n) is 16.3. The lowest BCUT2D eigenvalue weighted by Gasteiger charge is -2.26. The monoisotopic (exact) mass is 381 g/mol. The molecule has 0 fully saturated rings. The Hall–Kier alpha value is -3.10. The quantitative estimate of drug-likeness (QED) is 0.620. The van der Waals surface area contributed by atoms with Crippen LogP contribution in [0.15, 0.2) is 40.9 Å². The minimum Gasteiger partial charge on any atom is -0.496 e. The van der Waals surface area contributed by atoms with Gasteiger partial charge in [0.2, 0.25) is 5.82 Å². The van der Waals surface area contributed by atoms with Crippen molar-refractivity contribution in [3.63, 3.8) is 0 Å². The molecule has 28 heavy (non-hydrogen) atoms. The van der Waals surface area contributed by atoms with Gasteiger partial charge in [0.1, 0.15) is 5.75 Å². The number of hydrazine groups is 2. The Morgan fingerprint density at radius 2 is 2.04 bits per heavy atom. The second kappa shape index (κ2) is 6.81. The molecule has 0 bridgehead atoms. The van der Waals surface area contributed by atoms with Gasteiger partial charge in [-0.3, -0.25) is 5.01 Å². The van der Waals surface area contributed by atoms with E-state index in [0.29, 0.717) is 24.0 Å². The molecular weight excluding hydrogens is 358 g/mol. The van der Waals surface area contributed by atoms with E-state index in [1.807, 2.05) is 48.3 Å². The summed E-state index contributed by atoms with van der Waals surface area (Å²) < 4.78 is 10.9. The van der Waals surface area contributed by atoms with Crippen molar-refractivity contribution < 1.29 is 14.4 Å². The molecule has 0 amide bonds. The molecule has 0 radical (unpaired) electrons. The highest BCUT2D eigenvalue weighted by Crippen LogP contribution is 2.35. The van der Waals surface area contributed by atoms with Crippen molar-refractivity contribution in [1.29, 1.82) is 0 Å². The Labute approximate surface area is 163 Å². The van der Waals surface area contributed by atoms with E-state index < -0.39 is 5.60 Å². The topological polar surface area (TPSA) is 95.7 Å². The fourth-order valence-electron chi connectivity index (χ4n) is 3.14. The summed E-state index contributed by atoms with van der Waals surface area (Å²) in [6, 6.07) is 11.6. The zero-order chi connectivity index (χ0) is 19.9. The highest BCUT2D eigenvalue weighted by atomic mass is 16.5. The molecule has 8 nitrogen and oxygen atoms in total. The molecule has 0 spiro atoms. The van der Waals surface area contributed by atoms with Gasteiger partial charge < -0.3 is 19.8 Å². The van der Waals surface area contributed by atoms with Gasteiger partial charge in [-0.05, 0) is 56.7 Å². The Kier molecular flexibility index (Phi) is 4.44. The summed E-state index contributed by atoms with van der Waals surface area (Å²) in [5.41, 5.74) is 9.79. The Bertz CT molecular complexity index is 1010. The summed E-state index contributed by atoms with van der Waals surface area (Å²) in [5, 5.41) is 16.0. The summed E-state index contributed by atoms with van der Waals surface area (Å²) >= 11 is 0. The molecule has 1 aliphatic heterocycles. The third kappa shape index (κ3) is 3.51. The Morgan fingerprint density at radius 1 is 1.21 bits per heavy atom. The van der Waals surface area contributed by atoms with Crippen LogP contribution < -0.4 is 20.7 Å². The molecule has 0 saturated carbocycles. The maximum Gasteiger partial charge on any atom is 0.258 e. The molecule has 0 atom stereocenters. The molecule has 0 unspecified atom stereocenters. The molecular formula is C20H23N5O3. The normalized spacial score (nSPS) is 13.4. The summed E-state index contributed by atoms with van der Waals surface area (Å²) in [5.74, 6) is 1.60. The summed E-state index contributed by atoms with van der Waals surface area (Å²) in [6.45, 7) is 5.96. The van der Waals surface area contributed by atoms with E-state index in [-0.39, 0.29) is 0 Å². The van der Waals surface area contributed by atoms with Crippen LogP contribution in [-0.2, 0) is 0 Å². The number of nitrogens with one attached hydrogen (secondary N) is 2. The van der Waals surface area contributed by atoms with E-state index in [4.69, 9.17) is 9.26 Å². The fourth-order valence-corrected chi connectivity index (χ4v) is 3.14. The van der Waals surface area contributed by atoms with E-state index >= 15 is 0 Å². The predicted octanol–water partition coefficient (Wildman–Crippen LogP) is 3.14. The minimum absolute atomic E-state index is 0.420. The van der Waals surface area contributed by atoms with Crippen LogP contribution in [0.3, 0.4) is 0 Å². The van der Waals surface area contributed by atoms with Crippen molar-refractivity contribution >= 4 is 11.4 Å². The zero-order valence-corrected chi connectivity index (χ0v) is 16.3. The number of nitrogens with zero attached hydrogens (tertiary/aromatic N) is 3. The van der Waals surface area contributed by atoms with E-state index in [1.54, 1.807) is 21.0 Å². The van der Waals surface area contributed by atoms with E-state index in [0.717, 1.165) is 28.1 Å². The lowest BCUT2D eigenvalue weighted by atomic mass is 10.1. The van der Waals surface area contributed by atoms with Crippen LogP contribution in [0.1, 0.15) is 19.4 Å². The number of hydrogen-bond donors (Lipinski definition) is 3. The van der Waals surface area contributed by atoms with Crippen LogP contribution in [0.5, 0.6) is 5.75 Å². The van der Waals surface area contributed by atoms with Gasteiger partial charge in [-0.25, -0.2) is 0 Å². The highest BCUT2D eigenvalue weighted by molar-refractivity contribution is 5.78. The lowest BCUT2D eigenvalue weighted by molar-refractivity contribution is 0.0858. The number of aryl methyl sites for hydroxylation is 1. The number of hydrogen-bond acceptors (Lipinski definition) is 8. The van der Waals surface area contributed by atoms with Crippen LogP contribution in [-0.4, -0.2) is 34.5 Å². The number of methoxy groups -OCH3 is 1. The molecule has 4 rings (SSSR count). The first-order valence-electron chi connectivity index (χ1n) is 8.99. The molecule has 3 N–H and O–H groups in total. The van der Waals surface area contributed by atoms with E-state index in [9.17, 15) is 5.11 Å². The first-order chi connectivity index (χ1) is 13.3. The van der Waals surface area contributed by atoms with Crippen LogP contribution in [0.25, 0.3) is 22.8 Å². The largest absolute Gasteiger partial charge is 0.496 e. The number of aliphatic hydroxyl groups is 1. The number of aromatic nitrogens is 2. The van der Waals surface area contributed by atoms with E-state index in [2.05, 4.69) is 21.1 Å². The third-order valence-electron chi connectivity index (χ3n) is 4.43. The van der Waals surface area contributed by atoms with Gasteiger partial charge in [-0.1, -0.05) is 11.2 Å². The first-order valence-corrected chi connectivity index (χ1v) is 8.99. The molecule has 2 heterocycles. The van der Waals surface area contributed by atoms with Gasteiger partial charge in [-0.2, -0.15) is 4.98 Å². The SMILES string of the molecule is COc1cc(C)ccc1-c1noc(-c2ccc3c(c2)NNN3CC(C)(C)O)n1. The van der Waals surface area contributed by atoms with Crippen molar-refractivity contribution in [2.45, 2.75) is 26.4 Å². The maximum atomic E-state index is 10.1. The average molecular weight is 381 g/mol. The molecule has 0 aliphatic carbocycles. The molecule has 2 aromatic carbocycles. The van der Waals surface area contributed by atoms with Gasteiger partial charge >= 0.3 is 0 Å². The van der Waals surface area contributed by atoms with Crippen LogP contribution in [0.2, 0.25) is 0 Å². The molecule has 3 aromatic rings. The molecule has 146 valence electrons. The number of fused-ring (bicyclic) bond motifs is 1. The number of anilines is 2. The number of β-amino-alcohol motifs (C(OH)–C–C–N with tert-alkyl or cyclic N) is 1. The minimum atomic E-state index is -0.830. The number of ether oxygens (including phenoxy) is 1. The van der Waals surface area contributed by atoms with Crippen molar-refractivity contribution in [3.05, 3.63) is 42.0 Å². The van der Waals surface area contributed by atoms with Gasteiger partial charge in [0, 0.05) is 5.56 Å². The van der Waals surface area contributed by atoms with Crippen LogP contribution in [0, 0.1) is 6.92 Å². The van der Waals surface area contributed by atoms with Crippen molar-refractivity contribution in [2.75, 3.05) is 24.1 Å². The van der Waals surface area contributed by atoms with Crippen molar-refractivity contribution in [3.8, 4) is 28.6 Å². The number of benzene rings is 2. The van der Waals surface area contributed by atoms with Gasteiger partial charge in [0.05, 0.1) is 36.2 Å². The second-order valence-corrected chi connectivity index (χ2v) is 7.49. The van der Waals surface area contributed by atoms with Crippen molar-refractivity contribution in [2.24, 2.45) is 0 Å².